The van der Waals surface area contributed by atoms with Crippen LogP contribution < -0.4 is 0 Å². The molecule has 16 heavy (non-hydrogen) atoms. The number of methoxy groups -OCH3 is 2. The van der Waals surface area contributed by atoms with Crippen molar-refractivity contribution in [3.05, 3.63) is 0 Å². The van der Waals surface area contributed by atoms with Crippen LogP contribution in [0.3, 0.4) is 0 Å². The molecule has 0 saturated carbocycles. The topological polar surface area (TPSA) is 65.0 Å². The standard InChI is InChI=1S/C10H19FO5/c1-5-16-9(12)8(11)10(2,13)6-7(14-3)15-4/h7-8,13H,5-6H2,1-4H3. The fraction of sp³-hybridized carbons (Fsp3) is 0.900. The highest BCUT2D eigenvalue weighted by atomic mass is 19.1. The minimum atomic E-state index is -2.12. The Labute approximate surface area is 94.5 Å². The van der Waals surface area contributed by atoms with Gasteiger partial charge < -0.3 is 19.3 Å². The summed E-state index contributed by atoms with van der Waals surface area (Å²) in [5.74, 6) is -1.08. The number of aliphatic hydroxyl groups is 1. The molecule has 0 bridgehead atoms. The monoisotopic (exact) mass is 238 g/mol. The van der Waals surface area contributed by atoms with E-state index in [2.05, 4.69) is 4.74 Å². The Hall–Kier alpha value is -0.720. The molecular formula is C10H19FO5. The van der Waals surface area contributed by atoms with Crippen LogP contribution in [0.15, 0.2) is 0 Å². The van der Waals surface area contributed by atoms with Crippen molar-refractivity contribution in [1.29, 1.82) is 0 Å². The second-order valence-electron chi connectivity index (χ2n) is 3.58. The van der Waals surface area contributed by atoms with E-state index in [9.17, 15) is 14.3 Å². The maximum Gasteiger partial charge on any atom is 0.343 e. The number of alkyl halides is 1. The maximum atomic E-state index is 13.6. The molecular weight excluding hydrogens is 219 g/mol. The Bertz CT molecular complexity index is 215. The van der Waals surface area contributed by atoms with Crippen molar-refractivity contribution >= 4 is 5.97 Å². The number of esters is 1. The van der Waals surface area contributed by atoms with Crippen LogP contribution >= 0.6 is 0 Å². The number of halogens is 1. The van der Waals surface area contributed by atoms with E-state index in [1.165, 1.54) is 21.1 Å². The van der Waals surface area contributed by atoms with Crippen molar-refractivity contribution in [3.8, 4) is 0 Å². The number of hydrogen-bond donors (Lipinski definition) is 1. The highest BCUT2D eigenvalue weighted by Crippen LogP contribution is 2.22. The first-order chi connectivity index (χ1) is 7.38. The first kappa shape index (κ1) is 15.3. The van der Waals surface area contributed by atoms with Crippen LogP contribution in [0.25, 0.3) is 0 Å². The molecule has 1 N–H and O–H groups in total. The zero-order valence-corrected chi connectivity index (χ0v) is 10.0. The third kappa shape index (κ3) is 4.42. The van der Waals surface area contributed by atoms with Crippen LogP contribution in [0, 0.1) is 0 Å². The van der Waals surface area contributed by atoms with Gasteiger partial charge in [-0.3, -0.25) is 0 Å². The summed E-state index contributed by atoms with van der Waals surface area (Å²) in [7, 11) is 2.73. The third-order valence-electron chi connectivity index (χ3n) is 2.15. The van der Waals surface area contributed by atoms with Gasteiger partial charge in [0.25, 0.3) is 0 Å². The second-order valence-corrected chi connectivity index (χ2v) is 3.58. The molecule has 0 aliphatic heterocycles. The SMILES string of the molecule is CCOC(=O)C(F)C(C)(O)CC(OC)OC. The quantitative estimate of drug-likeness (QED) is 0.521. The third-order valence-corrected chi connectivity index (χ3v) is 2.15. The van der Waals surface area contributed by atoms with E-state index >= 15 is 0 Å². The first-order valence-electron chi connectivity index (χ1n) is 4.97. The Morgan fingerprint density at radius 3 is 2.31 bits per heavy atom. The van der Waals surface area contributed by atoms with Crippen LogP contribution in [0.1, 0.15) is 20.3 Å². The maximum absolute atomic E-state index is 13.6. The van der Waals surface area contributed by atoms with E-state index < -0.39 is 24.0 Å². The molecule has 6 heteroatoms. The van der Waals surface area contributed by atoms with Crippen molar-refractivity contribution in [2.75, 3.05) is 20.8 Å². The number of ether oxygens (including phenoxy) is 3. The minimum Gasteiger partial charge on any atom is -0.464 e. The Morgan fingerprint density at radius 2 is 1.94 bits per heavy atom. The smallest absolute Gasteiger partial charge is 0.343 e. The Kier molecular flexibility index (Phi) is 6.47. The molecule has 0 aliphatic rings. The highest BCUT2D eigenvalue weighted by Gasteiger charge is 2.41. The van der Waals surface area contributed by atoms with E-state index in [0.29, 0.717) is 0 Å². The van der Waals surface area contributed by atoms with Gasteiger partial charge in [-0.15, -0.1) is 0 Å². The molecule has 0 rings (SSSR count). The molecule has 0 aromatic carbocycles. The zero-order valence-electron chi connectivity index (χ0n) is 10.0. The predicted octanol–water partition coefficient (Wildman–Crippen LogP) is 0.648. The first-order valence-corrected chi connectivity index (χ1v) is 4.97. The summed E-state index contributed by atoms with van der Waals surface area (Å²) >= 11 is 0. The van der Waals surface area contributed by atoms with E-state index in [1.807, 2.05) is 0 Å². The summed E-state index contributed by atoms with van der Waals surface area (Å²) < 4.78 is 27.7. The van der Waals surface area contributed by atoms with Gasteiger partial charge in [0.2, 0.25) is 6.17 Å². The molecule has 0 heterocycles. The summed E-state index contributed by atoms with van der Waals surface area (Å²) in [6.45, 7) is 2.82. The van der Waals surface area contributed by atoms with Crippen LogP contribution in [0.5, 0.6) is 0 Å². The normalized spacial score (nSPS) is 16.9. The molecule has 0 spiro atoms. The summed E-state index contributed by atoms with van der Waals surface area (Å²) in [5.41, 5.74) is -1.89. The van der Waals surface area contributed by atoms with E-state index in [0.717, 1.165) is 0 Å². The summed E-state index contributed by atoms with van der Waals surface area (Å²) in [6, 6.07) is 0. The highest BCUT2D eigenvalue weighted by molar-refractivity contribution is 5.76. The summed E-state index contributed by atoms with van der Waals surface area (Å²) in [4.78, 5) is 11.1. The Balaban J connectivity index is 4.45. The van der Waals surface area contributed by atoms with Crippen molar-refractivity contribution in [1.82, 2.24) is 0 Å². The molecule has 96 valence electrons. The lowest BCUT2D eigenvalue weighted by Gasteiger charge is -2.28. The lowest BCUT2D eigenvalue weighted by atomic mass is 9.96. The Morgan fingerprint density at radius 1 is 1.44 bits per heavy atom. The van der Waals surface area contributed by atoms with E-state index in [1.54, 1.807) is 6.92 Å². The van der Waals surface area contributed by atoms with Gasteiger partial charge in [0.05, 0.1) is 6.61 Å². The van der Waals surface area contributed by atoms with Crippen LogP contribution in [-0.2, 0) is 19.0 Å². The van der Waals surface area contributed by atoms with Gasteiger partial charge in [0.15, 0.2) is 6.29 Å². The summed E-state index contributed by atoms with van der Waals surface area (Å²) in [6.07, 6.45) is -3.07. The molecule has 0 aromatic rings. The van der Waals surface area contributed by atoms with Gasteiger partial charge in [-0.05, 0) is 13.8 Å². The number of carbonyl (C=O) groups excluding carboxylic acids is 1. The second kappa shape index (κ2) is 6.78. The molecule has 0 aliphatic carbocycles. The number of carbonyl (C=O) groups is 1. The number of rotatable bonds is 7. The molecule has 0 fully saturated rings. The molecule has 0 radical (unpaired) electrons. The van der Waals surface area contributed by atoms with Crippen LogP contribution in [-0.4, -0.2) is 50.0 Å². The zero-order chi connectivity index (χ0) is 12.8. The molecule has 2 unspecified atom stereocenters. The van der Waals surface area contributed by atoms with Gasteiger partial charge in [0, 0.05) is 20.6 Å². The van der Waals surface area contributed by atoms with E-state index in [4.69, 9.17) is 9.47 Å². The number of hydrogen-bond acceptors (Lipinski definition) is 5. The van der Waals surface area contributed by atoms with Gasteiger partial charge in [0.1, 0.15) is 5.60 Å². The lowest BCUT2D eigenvalue weighted by molar-refractivity contribution is -0.175. The van der Waals surface area contributed by atoms with Gasteiger partial charge in [-0.25, -0.2) is 9.18 Å². The van der Waals surface area contributed by atoms with Crippen molar-refractivity contribution < 1.29 is 28.5 Å². The molecule has 0 amide bonds. The average Bonchev–Trinajstić information content (AvgIpc) is 2.25. The van der Waals surface area contributed by atoms with Crippen LogP contribution in [0.2, 0.25) is 0 Å². The van der Waals surface area contributed by atoms with E-state index in [-0.39, 0.29) is 13.0 Å². The van der Waals surface area contributed by atoms with Crippen molar-refractivity contribution in [3.63, 3.8) is 0 Å². The predicted molar refractivity (Wildman–Crippen MR) is 54.6 cm³/mol. The summed E-state index contributed by atoms with van der Waals surface area (Å²) in [5, 5.41) is 9.78. The minimum absolute atomic E-state index is 0.0628. The largest absolute Gasteiger partial charge is 0.464 e. The van der Waals surface area contributed by atoms with Crippen molar-refractivity contribution in [2.24, 2.45) is 0 Å². The fourth-order valence-corrected chi connectivity index (χ4v) is 1.17. The van der Waals surface area contributed by atoms with Crippen LogP contribution in [0.4, 0.5) is 4.39 Å². The molecule has 5 nitrogen and oxygen atoms in total. The lowest BCUT2D eigenvalue weighted by Crippen LogP contribution is -2.45. The van der Waals surface area contributed by atoms with Gasteiger partial charge in [-0.1, -0.05) is 0 Å². The molecule has 2 atom stereocenters. The molecule has 0 saturated heterocycles. The molecule has 0 aromatic heterocycles. The average molecular weight is 238 g/mol. The van der Waals surface area contributed by atoms with Gasteiger partial charge >= 0.3 is 5.97 Å². The van der Waals surface area contributed by atoms with Gasteiger partial charge in [-0.2, -0.15) is 0 Å². The fourth-order valence-electron chi connectivity index (χ4n) is 1.17. The van der Waals surface area contributed by atoms with Crippen molar-refractivity contribution in [2.45, 2.75) is 38.3 Å².